The van der Waals surface area contributed by atoms with E-state index >= 15 is 0 Å². The Morgan fingerprint density at radius 3 is 2.95 bits per heavy atom. The van der Waals surface area contributed by atoms with Gasteiger partial charge in [-0.05, 0) is 32.3 Å². The Balaban J connectivity index is 2.03. The molecule has 1 atom stereocenters. The van der Waals surface area contributed by atoms with Crippen molar-refractivity contribution in [3.63, 3.8) is 0 Å². The van der Waals surface area contributed by atoms with Crippen molar-refractivity contribution in [1.29, 1.82) is 0 Å². The molecule has 20 heavy (non-hydrogen) atoms. The third-order valence-corrected chi connectivity index (χ3v) is 4.94. The van der Waals surface area contributed by atoms with Gasteiger partial charge in [0.05, 0.1) is 5.39 Å². The van der Waals surface area contributed by atoms with Crippen LogP contribution in [-0.2, 0) is 0 Å². The number of hydrogen-bond donors (Lipinski definition) is 1. The standard InChI is InChI=1S/C15H22N4S/c1-4-11-6-7-19(9-11)13-12-8-10(3)20-14(12)18-15(17-13)16-5-2/h8,11H,4-7,9H2,1-3H3,(H,16,17,18). The summed E-state index contributed by atoms with van der Waals surface area (Å²) in [6.07, 6.45) is 2.54. The minimum atomic E-state index is 0.761. The Hall–Kier alpha value is -1.36. The number of thiophene rings is 1. The Kier molecular flexibility index (Phi) is 3.78. The highest BCUT2D eigenvalue weighted by Gasteiger charge is 2.24. The van der Waals surface area contributed by atoms with Gasteiger partial charge in [-0.3, -0.25) is 0 Å². The highest BCUT2D eigenvalue weighted by Crippen LogP contribution is 2.34. The first-order valence-corrected chi connectivity index (χ1v) is 8.30. The Labute approximate surface area is 124 Å². The van der Waals surface area contributed by atoms with E-state index in [1.807, 2.05) is 0 Å². The van der Waals surface area contributed by atoms with E-state index in [1.165, 1.54) is 23.1 Å². The zero-order valence-electron chi connectivity index (χ0n) is 12.4. The Morgan fingerprint density at radius 1 is 1.40 bits per heavy atom. The Bertz CT molecular complexity index is 607. The van der Waals surface area contributed by atoms with Gasteiger partial charge in [0.1, 0.15) is 10.6 Å². The van der Waals surface area contributed by atoms with E-state index in [2.05, 4.69) is 42.0 Å². The molecule has 0 bridgehead atoms. The topological polar surface area (TPSA) is 41.1 Å². The number of fused-ring (bicyclic) bond motifs is 1. The van der Waals surface area contributed by atoms with Crippen LogP contribution in [0.1, 0.15) is 31.6 Å². The molecule has 0 aliphatic carbocycles. The molecule has 1 saturated heterocycles. The fraction of sp³-hybridized carbons (Fsp3) is 0.600. The largest absolute Gasteiger partial charge is 0.356 e. The van der Waals surface area contributed by atoms with Crippen LogP contribution in [0.2, 0.25) is 0 Å². The summed E-state index contributed by atoms with van der Waals surface area (Å²) in [6.45, 7) is 9.60. The van der Waals surface area contributed by atoms with Crippen LogP contribution in [0.3, 0.4) is 0 Å². The van der Waals surface area contributed by atoms with Gasteiger partial charge in [0.25, 0.3) is 0 Å². The number of nitrogens with one attached hydrogen (secondary N) is 1. The summed E-state index contributed by atoms with van der Waals surface area (Å²) in [6, 6.07) is 2.23. The number of hydrogen-bond acceptors (Lipinski definition) is 5. The smallest absolute Gasteiger partial charge is 0.226 e. The maximum atomic E-state index is 4.77. The third-order valence-electron chi connectivity index (χ3n) is 3.99. The molecule has 1 aliphatic rings. The molecule has 0 saturated carbocycles. The monoisotopic (exact) mass is 290 g/mol. The van der Waals surface area contributed by atoms with Gasteiger partial charge in [0, 0.05) is 24.5 Å². The van der Waals surface area contributed by atoms with Crippen molar-refractivity contribution in [2.24, 2.45) is 5.92 Å². The van der Waals surface area contributed by atoms with Crippen molar-refractivity contribution in [1.82, 2.24) is 9.97 Å². The van der Waals surface area contributed by atoms with Crippen LogP contribution in [0.15, 0.2) is 6.07 Å². The lowest BCUT2D eigenvalue weighted by atomic mass is 10.1. The molecule has 4 nitrogen and oxygen atoms in total. The van der Waals surface area contributed by atoms with E-state index in [1.54, 1.807) is 11.3 Å². The molecule has 2 aromatic rings. The van der Waals surface area contributed by atoms with Gasteiger partial charge in [0.2, 0.25) is 5.95 Å². The average Bonchev–Trinajstić information content (AvgIpc) is 3.03. The van der Waals surface area contributed by atoms with E-state index in [0.29, 0.717) is 0 Å². The molecule has 108 valence electrons. The van der Waals surface area contributed by atoms with Crippen molar-refractivity contribution in [3.05, 3.63) is 10.9 Å². The highest BCUT2D eigenvalue weighted by molar-refractivity contribution is 7.18. The number of aryl methyl sites for hydroxylation is 1. The quantitative estimate of drug-likeness (QED) is 0.933. The third kappa shape index (κ3) is 2.46. The first-order valence-electron chi connectivity index (χ1n) is 7.48. The minimum Gasteiger partial charge on any atom is -0.356 e. The van der Waals surface area contributed by atoms with Crippen LogP contribution in [0.5, 0.6) is 0 Å². The molecule has 5 heteroatoms. The summed E-state index contributed by atoms with van der Waals surface area (Å²) in [5.74, 6) is 2.69. The van der Waals surface area contributed by atoms with Gasteiger partial charge >= 0.3 is 0 Å². The molecule has 1 N–H and O–H groups in total. The van der Waals surface area contributed by atoms with Crippen molar-refractivity contribution >= 4 is 33.3 Å². The van der Waals surface area contributed by atoms with Crippen LogP contribution in [0.4, 0.5) is 11.8 Å². The van der Waals surface area contributed by atoms with Gasteiger partial charge in [-0.1, -0.05) is 13.3 Å². The summed E-state index contributed by atoms with van der Waals surface area (Å²) in [5.41, 5.74) is 0. The first-order chi connectivity index (χ1) is 9.71. The van der Waals surface area contributed by atoms with Crippen LogP contribution >= 0.6 is 11.3 Å². The van der Waals surface area contributed by atoms with Crippen molar-refractivity contribution in [3.8, 4) is 0 Å². The lowest BCUT2D eigenvalue weighted by Gasteiger charge is -2.19. The first kappa shape index (κ1) is 13.6. The van der Waals surface area contributed by atoms with Gasteiger partial charge in [-0.2, -0.15) is 4.98 Å². The number of anilines is 2. The van der Waals surface area contributed by atoms with Crippen LogP contribution in [0.25, 0.3) is 10.2 Å². The summed E-state index contributed by atoms with van der Waals surface area (Å²) in [4.78, 5) is 14.2. The second-order valence-electron chi connectivity index (χ2n) is 5.49. The van der Waals surface area contributed by atoms with Crippen molar-refractivity contribution in [2.75, 3.05) is 29.9 Å². The summed E-state index contributed by atoms with van der Waals surface area (Å²) in [5, 5.41) is 4.47. The zero-order chi connectivity index (χ0) is 14.1. The average molecular weight is 290 g/mol. The molecule has 3 rings (SSSR count). The number of aromatic nitrogens is 2. The van der Waals surface area contributed by atoms with E-state index in [0.717, 1.165) is 42.1 Å². The second-order valence-corrected chi connectivity index (χ2v) is 6.72. The van der Waals surface area contributed by atoms with E-state index in [4.69, 9.17) is 4.98 Å². The summed E-state index contributed by atoms with van der Waals surface area (Å²) >= 11 is 1.75. The van der Waals surface area contributed by atoms with Crippen molar-refractivity contribution in [2.45, 2.75) is 33.6 Å². The van der Waals surface area contributed by atoms with E-state index in [9.17, 15) is 0 Å². The molecule has 0 amide bonds. The molecule has 0 spiro atoms. The zero-order valence-corrected chi connectivity index (χ0v) is 13.3. The van der Waals surface area contributed by atoms with Gasteiger partial charge in [-0.25, -0.2) is 4.98 Å². The highest BCUT2D eigenvalue weighted by atomic mass is 32.1. The lowest BCUT2D eigenvalue weighted by Crippen LogP contribution is -2.21. The van der Waals surface area contributed by atoms with Gasteiger partial charge in [0.15, 0.2) is 0 Å². The predicted octanol–water partition coefficient (Wildman–Crippen LogP) is 3.67. The molecule has 1 fully saturated rings. The fourth-order valence-electron chi connectivity index (χ4n) is 2.86. The van der Waals surface area contributed by atoms with Gasteiger partial charge < -0.3 is 10.2 Å². The number of rotatable bonds is 4. The Morgan fingerprint density at radius 2 is 2.25 bits per heavy atom. The van der Waals surface area contributed by atoms with E-state index < -0.39 is 0 Å². The second kappa shape index (κ2) is 5.56. The lowest BCUT2D eigenvalue weighted by molar-refractivity contribution is 0.569. The van der Waals surface area contributed by atoms with E-state index in [-0.39, 0.29) is 0 Å². The molecule has 0 aromatic carbocycles. The normalized spacial score (nSPS) is 18.9. The molecular weight excluding hydrogens is 268 g/mol. The van der Waals surface area contributed by atoms with Crippen LogP contribution < -0.4 is 10.2 Å². The van der Waals surface area contributed by atoms with Gasteiger partial charge in [-0.15, -0.1) is 11.3 Å². The maximum absolute atomic E-state index is 4.77. The maximum Gasteiger partial charge on any atom is 0.226 e. The number of nitrogens with zero attached hydrogens (tertiary/aromatic N) is 3. The molecular formula is C15H22N4S. The molecule has 3 heterocycles. The predicted molar refractivity (Wildman–Crippen MR) is 86.9 cm³/mol. The summed E-state index contributed by atoms with van der Waals surface area (Å²) in [7, 11) is 0. The molecule has 2 aromatic heterocycles. The van der Waals surface area contributed by atoms with Crippen LogP contribution in [0, 0.1) is 12.8 Å². The summed E-state index contributed by atoms with van der Waals surface area (Å²) < 4.78 is 0. The minimum absolute atomic E-state index is 0.761. The molecule has 1 aliphatic heterocycles. The SMILES string of the molecule is CCNc1nc(N2CCC(CC)C2)c2cc(C)sc2n1. The van der Waals surface area contributed by atoms with Crippen molar-refractivity contribution < 1.29 is 0 Å². The fourth-order valence-corrected chi connectivity index (χ4v) is 3.74. The van der Waals surface area contributed by atoms with Crippen LogP contribution in [-0.4, -0.2) is 29.6 Å². The molecule has 0 radical (unpaired) electrons. The molecule has 1 unspecified atom stereocenters.